The highest BCUT2D eigenvalue weighted by molar-refractivity contribution is 7.71. The zero-order valence-corrected chi connectivity index (χ0v) is 10.9. The van der Waals surface area contributed by atoms with E-state index in [4.69, 9.17) is 12.2 Å². The monoisotopic (exact) mass is 240 g/mol. The second-order valence-corrected chi connectivity index (χ2v) is 4.80. The van der Waals surface area contributed by atoms with Crippen molar-refractivity contribution < 1.29 is 0 Å². The summed E-state index contributed by atoms with van der Waals surface area (Å²) >= 11 is 5.21. The smallest absolute Gasteiger partial charge is 0.225 e. The van der Waals surface area contributed by atoms with Crippen molar-refractivity contribution in [3.05, 3.63) is 4.77 Å². The Bertz CT molecular complexity index is 387. The van der Waals surface area contributed by atoms with Crippen molar-refractivity contribution in [2.24, 2.45) is 5.92 Å². The van der Waals surface area contributed by atoms with Crippen LogP contribution in [0.25, 0.3) is 0 Å². The summed E-state index contributed by atoms with van der Waals surface area (Å²) in [4.78, 5) is 2.35. The molecule has 5 heteroatoms. The van der Waals surface area contributed by atoms with Gasteiger partial charge in [0.15, 0.2) is 4.77 Å². The molecule has 0 saturated carbocycles. The molecule has 0 atom stereocenters. The Morgan fingerprint density at radius 1 is 1.38 bits per heavy atom. The Morgan fingerprint density at radius 2 is 2.06 bits per heavy atom. The maximum absolute atomic E-state index is 5.21. The molecule has 1 aliphatic rings. The van der Waals surface area contributed by atoms with Crippen LogP contribution in [0.3, 0.4) is 0 Å². The predicted octanol–water partition coefficient (Wildman–Crippen LogP) is 2.59. The normalized spacial score (nSPS) is 18.0. The molecule has 0 unspecified atom stereocenters. The molecule has 1 aromatic rings. The van der Waals surface area contributed by atoms with E-state index in [0.29, 0.717) is 0 Å². The van der Waals surface area contributed by atoms with Crippen molar-refractivity contribution in [1.82, 2.24) is 14.8 Å². The second kappa shape index (κ2) is 4.99. The van der Waals surface area contributed by atoms with Gasteiger partial charge < -0.3 is 4.90 Å². The summed E-state index contributed by atoms with van der Waals surface area (Å²) in [5.74, 6) is 1.91. The van der Waals surface area contributed by atoms with Crippen LogP contribution < -0.4 is 4.90 Å². The summed E-state index contributed by atoms with van der Waals surface area (Å²) in [5.41, 5.74) is 0. The number of aromatic amines is 1. The largest absolute Gasteiger partial charge is 0.341 e. The number of nitrogens with one attached hydrogen (secondary N) is 1. The van der Waals surface area contributed by atoms with Crippen LogP contribution in [0.1, 0.15) is 33.1 Å². The van der Waals surface area contributed by atoms with E-state index in [1.165, 1.54) is 19.3 Å². The van der Waals surface area contributed by atoms with Crippen LogP contribution >= 0.6 is 12.2 Å². The molecule has 1 saturated heterocycles. The van der Waals surface area contributed by atoms with Gasteiger partial charge in [-0.1, -0.05) is 13.3 Å². The molecule has 2 rings (SSSR count). The second-order valence-electron chi connectivity index (χ2n) is 4.41. The Balaban J connectivity index is 2.11. The third-order valence-electron chi connectivity index (χ3n) is 3.53. The SMILES string of the molecule is CCC1CCN(c2n[nH]c(=S)n2CC)CC1. The average Bonchev–Trinajstić information content (AvgIpc) is 2.70. The van der Waals surface area contributed by atoms with Crippen LogP contribution in [0.2, 0.25) is 0 Å². The van der Waals surface area contributed by atoms with E-state index in [1.807, 2.05) is 0 Å². The van der Waals surface area contributed by atoms with Crippen molar-refractivity contribution in [3.8, 4) is 0 Å². The fourth-order valence-electron chi connectivity index (χ4n) is 2.38. The third-order valence-corrected chi connectivity index (χ3v) is 3.84. The number of piperidine rings is 1. The van der Waals surface area contributed by atoms with E-state index >= 15 is 0 Å². The number of hydrogen-bond donors (Lipinski definition) is 1. The Morgan fingerprint density at radius 3 is 2.62 bits per heavy atom. The van der Waals surface area contributed by atoms with Gasteiger partial charge in [-0.25, -0.2) is 5.10 Å². The predicted molar refractivity (Wildman–Crippen MR) is 68.3 cm³/mol. The van der Waals surface area contributed by atoms with Crippen molar-refractivity contribution in [2.45, 2.75) is 39.7 Å². The Kier molecular flexibility index (Phi) is 3.63. The van der Waals surface area contributed by atoms with Gasteiger partial charge >= 0.3 is 0 Å². The maximum Gasteiger partial charge on any atom is 0.225 e. The molecule has 1 N–H and O–H groups in total. The van der Waals surface area contributed by atoms with Gasteiger partial charge in [0.25, 0.3) is 0 Å². The molecule has 0 radical (unpaired) electrons. The van der Waals surface area contributed by atoms with E-state index in [2.05, 4.69) is 33.5 Å². The van der Waals surface area contributed by atoms with Crippen LogP contribution in [0.5, 0.6) is 0 Å². The zero-order valence-electron chi connectivity index (χ0n) is 10.1. The number of hydrogen-bond acceptors (Lipinski definition) is 3. The lowest BCUT2D eigenvalue weighted by Gasteiger charge is -2.32. The first-order valence-corrected chi connectivity index (χ1v) is 6.57. The van der Waals surface area contributed by atoms with E-state index in [-0.39, 0.29) is 0 Å². The molecule has 0 aliphatic carbocycles. The van der Waals surface area contributed by atoms with Crippen LogP contribution in [-0.2, 0) is 6.54 Å². The zero-order chi connectivity index (χ0) is 11.5. The summed E-state index contributed by atoms with van der Waals surface area (Å²) in [6, 6.07) is 0. The first-order chi connectivity index (χ1) is 7.76. The molecule has 4 nitrogen and oxygen atoms in total. The molecule has 0 amide bonds. The standard InChI is InChI=1S/C11H20N4S/c1-3-9-5-7-14(8-6-9)10-12-13-11(16)15(10)4-2/h9H,3-8H2,1-2H3,(H,13,16). The first-order valence-electron chi connectivity index (χ1n) is 6.16. The van der Waals surface area contributed by atoms with Gasteiger partial charge in [0.2, 0.25) is 5.95 Å². The molecule has 16 heavy (non-hydrogen) atoms. The molecular weight excluding hydrogens is 220 g/mol. The highest BCUT2D eigenvalue weighted by Gasteiger charge is 2.21. The van der Waals surface area contributed by atoms with Gasteiger partial charge in [0.05, 0.1) is 0 Å². The van der Waals surface area contributed by atoms with Crippen molar-refractivity contribution in [3.63, 3.8) is 0 Å². The van der Waals surface area contributed by atoms with Crippen molar-refractivity contribution in [1.29, 1.82) is 0 Å². The number of aromatic nitrogens is 3. The topological polar surface area (TPSA) is 36.9 Å². The van der Waals surface area contributed by atoms with Gasteiger partial charge in [-0.2, -0.15) is 0 Å². The lowest BCUT2D eigenvalue weighted by Crippen LogP contribution is -2.35. The van der Waals surface area contributed by atoms with Gasteiger partial charge in [0.1, 0.15) is 0 Å². The fourth-order valence-corrected chi connectivity index (χ4v) is 2.63. The molecule has 0 spiro atoms. The third kappa shape index (κ3) is 2.14. The van der Waals surface area contributed by atoms with E-state index in [1.54, 1.807) is 0 Å². The molecule has 1 fully saturated rings. The molecule has 0 bridgehead atoms. The highest BCUT2D eigenvalue weighted by atomic mass is 32.1. The lowest BCUT2D eigenvalue weighted by atomic mass is 9.95. The van der Waals surface area contributed by atoms with Gasteiger partial charge in [0, 0.05) is 19.6 Å². The molecule has 90 valence electrons. The minimum Gasteiger partial charge on any atom is -0.341 e. The minimum absolute atomic E-state index is 0.732. The number of H-pyrrole nitrogens is 1. The molecule has 0 aromatic carbocycles. The van der Waals surface area contributed by atoms with E-state index in [9.17, 15) is 0 Å². The summed E-state index contributed by atoms with van der Waals surface area (Å²) < 4.78 is 2.80. The van der Waals surface area contributed by atoms with Gasteiger partial charge in [-0.05, 0) is 37.9 Å². The summed E-state index contributed by atoms with van der Waals surface area (Å²) in [6.45, 7) is 7.49. The lowest BCUT2D eigenvalue weighted by molar-refractivity contribution is 0.390. The first kappa shape index (κ1) is 11.6. The van der Waals surface area contributed by atoms with Crippen molar-refractivity contribution >= 4 is 18.2 Å². The van der Waals surface area contributed by atoms with Crippen molar-refractivity contribution in [2.75, 3.05) is 18.0 Å². The number of anilines is 1. The van der Waals surface area contributed by atoms with Gasteiger partial charge in [-0.15, -0.1) is 5.10 Å². The summed E-state index contributed by atoms with van der Waals surface area (Å²) in [7, 11) is 0. The summed E-state index contributed by atoms with van der Waals surface area (Å²) in [5, 5.41) is 7.22. The van der Waals surface area contributed by atoms with Gasteiger partial charge in [-0.3, -0.25) is 4.57 Å². The Hall–Kier alpha value is -0.840. The average molecular weight is 240 g/mol. The molecule has 2 heterocycles. The van der Waals surface area contributed by atoms with E-state index < -0.39 is 0 Å². The summed E-state index contributed by atoms with van der Waals surface area (Å²) in [6.07, 6.45) is 3.86. The highest BCUT2D eigenvalue weighted by Crippen LogP contribution is 2.23. The van der Waals surface area contributed by atoms with E-state index in [0.717, 1.165) is 36.3 Å². The van der Waals surface area contributed by atoms with Crippen LogP contribution in [0.15, 0.2) is 0 Å². The number of nitrogens with zero attached hydrogens (tertiary/aromatic N) is 3. The van der Waals surface area contributed by atoms with Crippen LogP contribution in [0.4, 0.5) is 5.95 Å². The minimum atomic E-state index is 0.732. The quantitative estimate of drug-likeness (QED) is 0.825. The van der Waals surface area contributed by atoms with Crippen LogP contribution in [-0.4, -0.2) is 27.9 Å². The fraction of sp³-hybridized carbons (Fsp3) is 0.818. The number of rotatable bonds is 3. The maximum atomic E-state index is 5.21. The Labute approximate surface area is 102 Å². The molecule has 1 aromatic heterocycles. The van der Waals surface area contributed by atoms with Crippen LogP contribution in [0, 0.1) is 10.7 Å². The molecule has 1 aliphatic heterocycles. The molecular formula is C11H20N4S.